The molecule has 22 heavy (non-hydrogen) atoms. The number of hydrogen-bond donors (Lipinski definition) is 2. The van der Waals surface area contributed by atoms with Crippen LogP contribution in [0.3, 0.4) is 0 Å². The zero-order chi connectivity index (χ0) is 14.9. The molecule has 0 radical (unpaired) electrons. The Morgan fingerprint density at radius 1 is 1.27 bits per heavy atom. The molecule has 2 saturated carbocycles. The van der Waals surface area contributed by atoms with Crippen molar-refractivity contribution in [1.82, 2.24) is 5.32 Å². The first kappa shape index (κ1) is 17.6. The van der Waals surface area contributed by atoms with Gasteiger partial charge >= 0.3 is 0 Å². The van der Waals surface area contributed by atoms with Gasteiger partial charge in [0, 0.05) is 22.5 Å². The molecule has 2 atom stereocenters. The predicted octanol–water partition coefficient (Wildman–Crippen LogP) is 3.47. The first-order valence-corrected chi connectivity index (χ1v) is 8.26. The van der Waals surface area contributed by atoms with Crippen molar-refractivity contribution in [2.75, 3.05) is 0 Å². The van der Waals surface area contributed by atoms with Crippen LogP contribution in [0.15, 0.2) is 24.3 Å². The second-order valence-corrected chi connectivity index (χ2v) is 7.13. The Morgan fingerprint density at radius 3 is 2.55 bits per heavy atom. The molecule has 3 nitrogen and oxygen atoms in total. The number of rotatable bonds is 4. The fourth-order valence-electron chi connectivity index (χ4n) is 3.32. The van der Waals surface area contributed by atoms with Crippen LogP contribution in [0.25, 0.3) is 0 Å². The van der Waals surface area contributed by atoms with E-state index in [9.17, 15) is 4.79 Å². The summed E-state index contributed by atoms with van der Waals surface area (Å²) in [4.78, 5) is 12.5. The van der Waals surface area contributed by atoms with E-state index in [2.05, 4.69) is 5.32 Å². The number of halogens is 2. The number of benzene rings is 1. The van der Waals surface area contributed by atoms with E-state index < -0.39 is 0 Å². The summed E-state index contributed by atoms with van der Waals surface area (Å²) in [6.07, 6.45) is 6.98. The summed E-state index contributed by atoms with van der Waals surface area (Å²) >= 11 is 5.92. The Morgan fingerprint density at radius 2 is 1.95 bits per heavy atom. The monoisotopic (exact) mass is 342 g/mol. The van der Waals surface area contributed by atoms with Gasteiger partial charge in [-0.3, -0.25) is 4.79 Å². The van der Waals surface area contributed by atoms with Gasteiger partial charge in [0.1, 0.15) is 0 Å². The van der Waals surface area contributed by atoms with E-state index >= 15 is 0 Å². The Hall–Kier alpha value is -0.770. The van der Waals surface area contributed by atoms with E-state index in [0.29, 0.717) is 0 Å². The number of carbonyl (C=O) groups is 1. The van der Waals surface area contributed by atoms with Crippen LogP contribution in [0.4, 0.5) is 0 Å². The Bertz CT molecular complexity index is 514. The molecular formula is C17H24Cl2N2O. The number of amides is 1. The molecule has 0 aliphatic heterocycles. The lowest BCUT2D eigenvalue weighted by molar-refractivity contribution is -0.127. The van der Waals surface area contributed by atoms with Crippen molar-refractivity contribution in [1.29, 1.82) is 0 Å². The van der Waals surface area contributed by atoms with Gasteiger partial charge in [-0.25, -0.2) is 0 Å². The third-order valence-electron chi connectivity index (χ3n) is 4.78. The number of nitrogens with two attached hydrogens (primary N) is 1. The topological polar surface area (TPSA) is 55.1 Å². The number of carbonyl (C=O) groups excluding carboxylic acids is 1. The first-order valence-electron chi connectivity index (χ1n) is 7.88. The third kappa shape index (κ3) is 4.37. The highest BCUT2D eigenvalue weighted by molar-refractivity contribution is 6.30. The highest BCUT2D eigenvalue weighted by Gasteiger charge is 2.45. The van der Waals surface area contributed by atoms with Crippen LogP contribution in [0.1, 0.15) is 44.1 Å². The van der Waals surface area contributed by atoms with E-state index in [1.807, 2.05) is 24.3 Å². The molecule has 2 fully saturated rings. The quantitative estimate of drug-likeness (QED) is 0.880. The van der Waals surface area contributed by atoms with Crippen molar-refractivity contribution < 1.29 is 4.79 Å². The Balaban J connectivity index is 0.00000176. The van der Waals surface area contributed by atoms with Crippen LogP contribution in [-0.2, 0) is 11.2 Å². The fourth-order valence-corrected chi connectivity index (χ4v) is 3.44. The van der Waals surface area contributed by atoms with Crippen molar-refractivity contribution in [2.24, 2.45) is 11.7 Å². The maximum absolute atomic E-state index is 12.5. The summed E-state index contributed by atoms with van der Waals surface area (Å²) in [5.74, 6) is 0.313. The minimum atomic E-state index is -0.0214. The summed E-state index contributed by atoms with van der Waals surface area (Å²) in [5, 5.41) is 4.05. The van der Waals surface area contributed by atoms with Crippen molar-refractivity contribution in [3.8, 4) is 0 Å². The molecule has 0 aromatic heterocycles. The average Bonchev–Trinajstić information content (AvgIpc) is 3.21. The lowest BCUT2D eigenvalue weighted by Gasteiger charge is -2.28. The van der Waals surface area contributed by atoms with Gasteiger partial charge in [0.05, 0.1) is 0 Å². The minimum absolute atomic E-state index is 0. The maximum atomic E-state index is 12.5. The largest absolute Gasteiger partial charge is 0.350 e. The molecule has 122 valence electrons. The molecule has 1 aromatic rings. The zero-order valence-corrected chi connectivity index (χ0v) is 14.3. The Labute approximate surface area is 143 Å². The van der Waals surface area contributed by atoms with Crippen molar-refractivity contribution in [2.45, 2.75) is 56.5 Å². The molecule has 2 aliphatic carbocycles. The number of nitrogens with one attached hydrogen (secondary N) is 1. The van der Waals surface area contributed by atoms with E-state index in [0.717, 1.165) is 50.0 Å². The van der Waals surface area contributed by atoms with Crippen LogP contribution in [0.2, 0.25) is 5.02 Å². The standard InChI is InChI=1S/C17H23ClN2O.ClH/c18-14-6-4-12(5-7-14)11-17(8-9-17)20-16(21)13-2-1-3-15(19)10-13;/h4-7,13,15H,1-3,8-11,19H2,(H,20,21);1H/t13-,15+;/m1./s1. The lowest BCUT2D eigenvalue weighted by atomic mass is 9.85. The van der Waals surface area contributed by atoms with E-state index in [-0.39, 0.29) is 35.8 Å². The van der Waals surface area contributed by atoms with Crippen LogP contribution in [-0.4, -0.2) is 17.5 Å². The number of hydrogen-bond acceptors (Lipinski definition) is 2. The first-order chi connectivity index (χ1) is 10.1. The molecular weight excluding hydrogens is 319 g/mol. The molecule has 3 N–H and O–H groups in total. The van der Waals surface area contributed by atoms with Crippen LogP contribution >= 0.6 is 24.0 Å². The molecule has 5 heteroatoms. The van der Waals surface area contributed by atoms with Gasteiger partial charge in [-0.2, -0.15) is 0 Å². The van der Waals surface area contributed by atoms with Crippen LogP contribution in [0, 0.1) is 5.92 Å². The molecule has 3 rings (SSSR count). The van der Waals surface area contributed by atoms with E-state index in [4.69, 9.17) is 17.3 Å². The smallest absolute Gasteiger partial charge is 0.223 e. The maximum Gasteiger partial charge on any atom is 0.223 e. The summed E-state index contributed by atoms with van der Waals surface area (Å²) in [5.41, 5.74) is 7.20. The second kappa shape index (κ2) is 7.20. The van der Waals surface area contributed by atoms with Gasteiger partial charge < -0.3 is 11.1 Å². The fraction of sp³-hybridized carbons (Fsp3) is 0.588. The van der Waals surface area contributed by atoms with Gasteiger partial charge in [-0.15, -0.1) is 12.4 Å². The van der Waals surface area contributed by atoms with E-state index in [1.54, 1.807) is 0 Å². The highest BCUT2D eigenvalue weighted by atomic mass is 35.5. The second-order valence-electron chi connectivity index (χ2n) is 6.70. The van der Waals surface area contributed by atoms with Crippen LogP contribution < -0.4 is 11.1 Å². The molecule has 0 spiro atoms. The molecule has 0 saturated heterocycles. The Kier molecular flexibility index (Phi) is 5.76. The van der Waals surface area contributed by atoms with Crippen molar-refractivity contribution in [3.05, 3.63) is 34.9 Å². The summed E-state index contributed by atoms with van der Waals surface area (Å²) in [6, 6.07) is 8.11. The van der Waals surface area contributed by atoms with Gasteiger partial charge in [-0.1, -0.05) is 30.2 Å². The van der Waals surface area contributed by atoms with E-state index in [1.165, 1.54) is 5.56 Å². The van der Waals surface area contributed by atoms with Crippen LogP contribution in [0.5, 0.6) is 0 Å². The summed E-state index contributed by atoms with van der Waals surface area (Å²) < 4.78 is 0. The summed E-state index contributed by atoms with van der Waals surface area (Å²) in [6.45, 7) is 0. The zero-order valence-electron chi connectivity index (χ0n) is 12.7. The minimum Gasteiger partial charge on any atom is -0.350 e. The molecule has 1 amide bonds. The van der Waals surface area contributed by atoms with Gasteiger partial charge in [-0.05, 0) is 56.2 Å². The van der Waals surface area contributed by atoms with Gasteiger partial charge in [0.2, 0.25) is 5.91 Å². The van der Waals surface area contributed by atoms with Crippen molar-refractivity contribution >= 4 is 29.9 Å². The predicted molar refractivity (Wildman–Crippen MR) is 92.4 cm³/mol. The summed E-state index contributed by atoms with van der Waals surface area (Å²) in [7, 11) is 0. The lowest BCUT2D eigenvalue weighted by Crippen LogP contribution is -2.44. The molecule has 0 unspecified atom stereocenters. The third-order valence-corrected chi connectivity index (χ3v) is 5.04. The van der Waals surface area contributed by atoms with Gasteiger partial charge in [0.15, 0.2) is 0 Å². The molecule has 2 aliphatic rings. The highest BCUT2D eigenvalue weighted by Crippen LogP contribution is 2.39. The SMILES string of the molecule is Cl.N[C@H]1CCC[C@@H](C(=O)NC2(Cc3ccc(Cl)cc3)CC2)C1. The molecule has 1 aromatic carbocycles. The van der Waals surface area contributed by atoms with Crippen molar-refractivity contribution in [3.63, 3.8) is 0 Å². The van der Waals surface area contributed by atoms with Gasteiger partial charge in [0.25, 0.3) is 0 Å². The molecule has 0 heterocycles. The molecule has 0 bridgehead atoms. The normalized spacial score (nSPS) is 25.9. The average molecular weight is 343 g/mol.